The van der Waals surface area contributed by atoms with Gasteiger partial charge in [-0.15, -0.1) is 0 Å². The summed E-state index contributed by atoms with van der Waals surface area (Å²) >= 11 is 0. The molecule has 0 fully saturated rings. The number of nitrogens with one attached hydrogen (secondary N) is 1. The molecule has 0 bridgehead atoms. The van der Waals surface area contributed by atoms with Gasteiger partial charge in [0.2, 0.25) is 0 Å². The van der Waals surface area contributed by atoms with Gasteiger partial charge in [-0.1, -0.05) is 18.2 Å². The highest BCUT2D eigenvalue weighted by molar-refractivity contribution is 5.94. The maximum absolute atomic E-state index is 15.3. The lowest BCUT2D eigenvalue weighted by atomic mass is 10.0. The first-order valence-electron chi connectivity index (χ1n) is 8.64. The number of hydrogen-bond acceptors (Lipinski definition) is 4. The van der Waals surface area contributed by atoms with Crippen LogP contribution in [0.15, 0.2) is 60.9 Å². The van der Waals surface area contributed by atoms with E-state index in [0.717, 1.165) is 12.1 Å². The van der Waals surface area contributed by atoms with Crippen LogP contribution in [0.5, 0.6) is 0 Å². The lowest BCUT2D eigenvalue weighted by Crippen LogP contribution is -2.04. The van der Waals surface area contributed by atoms with Crippen LogP contribution in [0.3, 0.4) is 0 Å². The third-order valence-corrected chi connectivity index (χ3v) is 4.49. The van der Waals surface area contributed by atoms with Crippen LogP contribution >= 0.6 is 0 Å². The molecule has 8 heteroatoms. The van der Waals surface area contributed by atoms with Crippen molar-refractivity contribution in [2.45, 2.75) is 6.18 Å². The molecule has 0 atom stereocenters. The zero-order valence-corrected chi connectivity index (χ0v) is 15.1. The molecular weight excluding hydrogens is 384 g/mol. The predicted molar refractivity (Wildman–Crippen MR) is 103 cm³/mol. The van der Waals surface area contributed by atoms with Crippen molar-refractivity contribution in [2.75, 3.05) is 12.4 Å². The predicted octanol–water partition coefficient (Wildman–Crippen LogP) is 5.56. The van der Waals surface area contributed by atoms with Gasteiger partial charge in [-0.25, -0.2) is 14.4 Å². The lowest BCUT2D eigenvalue weighted by molar-refractivity contribution is -0.137. The largest absolute Gasteiger partial charge is 0.416 e. The molecule has 2 aromatic heterocycles. The molecule has 2 heterocycles. The number of halogens is 4. The molecule has 0 saturated heterocycles. The number of anilines is 1. The summed E-state index contributed by atoms with van der Waals surface area (Å²) in [6.45, 7) is 0. The molecule has 0 aliphatic rings. The van der Waals surface area contributed by atoms with E-state index in [4.69, 9.17) is 0 Å². The Morgan fingerprint density at radius 1 is 0.897 bits per heavy atom. The van der Waals surface area contributed by atoms with Crippen molar-refractivity contribution in [3.8, 4) is 22.5 Å². The van der Waals surface area contributed by atoms with E-state index in [1.807, 2.05) is 0 Å². The van der Waals surface area contributed by atoms with Crippen LogP contribution in [0.4, 0.5) is 23.4 Å². The van der Waals surface area contributed by atoms with Crippen molar-refractivity contribution in [3.63, 3.8) is 0 Å². The van der Waals surface area contributed by atoms with Gasteiger partial charge in [0.05, 0.1) is 5.56 Å². The molecule has 1 N–H and O–H groups in total. The molecule has 146 valence electrons. The van der Waals surface area contributed by atoms with Crippen molar-refractivity contribution in [1.29, 1.82) is 0 Å². The Balaban J connectivity index is 1.88. The number of hydrogen-bond donors (Lipinski definition) is 1. The lowest BCUT2D eigenvalue weighted by Gasteiger charge is -2.12. The summed E-state index contributed by atoms with van der Waals surface area (Å²) in [7, 11) is 1.66. The van der Waals surface area contributed by atoms with Gasteiger partial charge in [-0.2, -0.15) is 13.2 Å². The average molecular weight is 398 g/mol. The molecule has 4 aromatic rings. The highest BCUT2D eigenvalue weighted by Gasteiger charge is 2.30. The van der Waals surface area contributed by atoms with Crippen molar-refractivity contribution >= 4 is 16.7 Å². The maximum atomic E-state index is 15.3. The number of benzene rings is 2. The zero-order valence-electron chi connectivity index (χ0n) is 15.1. The Hall–Kier alpha value is -3.55. The van der Waals surface area contributed by atoms with Gasteiger partial charge in [0.25, 0.3) is 0 Å². The van der Waals surface area contributed by atoms with Crippen LogP contribution in [0, 0.1) is 5.82 Å². The van der Waals surface area contributed by atoms with Gasteiger partial charge in [0.15, 0.2) is 11.6 Å². The van der Waals surface area contributed by atoms with Crippen LogP contribution in [0.2, 0.25) is 0 Å². The number of rotatable bonds is 3. The minimum atomic E-state index is -4.45. The van der Waals surface area contributed by atoms with E-state index >= 15 is 4.39 Å². The second kappa shape index (κ2) is 7.12. The highest BCUT2D eigenvalue weighted by Crippen LogP contribution is 2.34. The van der Waals surface area contributed by atoms with Gasteiger partial charge in [-0.05, 0) is 35.9 Å². The number of alkyl halides is 3. The van der Waals surface area contributed by atoms with E-state index in [1.165, 1.54) is 18.2 Å². The molecular formula is C21H14F4N4. The molecule has 29 heavy (non-hydrogen) atoms. The standard InChI is InChI=1S/C21H14F4N4/c1-26-20-16-9-8-15(12-4-6-14(7-5-12)21(23,24)25)17(22)18(16)28-19(29-20)13-3-2-10-27-11-13/h2-11H,1H3,(H,26,28,29). The molecule has 0 aliphatic heterocycles. The maximum Gasteiger partial charge on any atom is 0.416 e. The van der Waals surface area contributed by atoms with E-state index in [9.17, 15) is 13.2 Å². The highest BCUT2D eigenvalue weighted by atomic mass is 19.4. The molecule has 0 radical (unpaired) electrons. The Morgan fingerprint density at radius 2 is 1.66 bits per heavy atom. The Morgan fingerprint density at radius 3 is 2.28 bits per heavy atom. The first kappa shape index (κ1) is 18.8. The summed E-state index contributed by atoms with van der Waals surface area (Å²) in [6, 6.07) is 11.0. The number of nitrogens with zero attached hydrogens (tertiary/aromatic N) is 3. The first-order valence-corrected chi connectivity index (χ1v) is 8.64. The fourth-order valence-electron chi connectivity index (χ4n) is 3.04. The van der Waals surface area contributed by atoms with E-state index in [0.29, 0.717) is 28.2 Å². The molecule has 4 nitrogen and oxygen atoms in total. The first-order chi connectivity index (χ1) is 13.9. The monoisotopic (exact) mass is 398 g/mol. The van der Waals surface area contributed by atoms with Gasteiger partial charge in [0, 0.05) is 36.0 Å². The summed E-state index contributed by atoms with van der Waals surface area (Å²) in [5.74, 6) is 0.0939. The van der Waals surface area contributed by atoms with Crippen LogP contribution < -0.4 is 5.32 Å². The van der Waals surface area contributed by atoms with Gasteiger partial charge in [-0.3, -0.25) is 4.98 Å². The molecule has 0 spiro atoms. The summed E-state index contributed by atoms with van der Waals surface area (Å²) in [6.07, 6.45) is -1.28. The molecule has 0 saturated carbocycles. The summed E-state index contributed by atoms with van der Waals surface area (Å²) < 4.78 is 53.7. The topological polar surface area (TPSA) is 50.7 Å². The van der Waals surface area contributed by atoms with Crippen LogP contribution in [-0.2, 0) is 6.18 Å². The smallest absolute Gasteiger partial charge is 0.373 e. The normalized spacial score (nSPS) is 11.6. The quantitative estimate of drug-likeness (QED) is 0.459. The summed E-state index contributed by atoms with van der Waals surface area (Å²) in [4.78, 5) is 12.8. The second-order valence-electron chi connectivity index (χ2n) is 6.29. The minimum Gasteiger partial charge on any atom is -0.373 e. The number of aromatic nitrogens is 3. The third kappa shape index (κ3) is 3.49. The molecule has 0 unspecified atom stereocenters. The van der Waals surface area contributed by atoms with Crippen molar-refractivity contribution in [3.05, 3.63) is 72.3 Å². The molecule has 0 amide bonds. The Bertz CT molecular complexity index is 1170. The Labute approximate surface area is 163 Å². The van der Waals surface area contributed by atoms with E-state index < -0.39 is 17.6 Å². The van der Waals surface area contributed by atoms with E-state index in [-0.39, 0.29) is 11.1 Å². The fraction of sp³-hybridized carbons (Fsp3) is 0.0952. The average Bonchev–Trinajstić information content (AvgIpc) is 2.73. The van der Waals surface area contributed by atoms with Gasteiger partial charge >= 0.3 is 6.18 Å². The Kier molecular flexibility index (Phi) is 4.62. The van der Waals surface area contributed by atoms with Crippen LogP contribution in [-0.4, -0.2) is 22.0 Å². The van der Waals surface area contributed by atoms with Gasteiger partial charge in [0.1, 0.15) is 11.3 Å². The molecule has 4 rings (SSSR count). The number of pyridine rings is 1. The van der Waals surface area contributed by atoms with Gasteiger partial charge < -0.3 is 5.32 Å². The summed E-state index contributed by atoms with van der Waals surface area (Å²) in [5.41, 5.74) is 0.376. The zero-order chi connectivity index (χ0) is 20.6. The third-order valence-electron chi connectivity index (χ3n) is 4.49. The second-order valence-corrected chi connectivity index (χ2v) is 6.29. The van der Waals surface area contributed by atoms with Crippen molar-refractivity contribution in [2.24, 2.45) is 0 Å². The van der Waals surface area contributed by atoms with Crippen LogP contribution in [0.1, 0.15) is 5.56 Å². The van der Waals surface area contributed by atoms with Crippen molar-refractivity contribution < 1.29 is 17.6 Å². The number of fused-ring (bicyclic) bond motifs is 1. The fourth-order valence-corrected chi connectivity index (χ4v) is 3.04. The minimum absolute atomic E-state index is 0.0700. The molecule has 2 aromatic carbocycles. The summed E-state index contributed by atoms with van der Waals surface area (Å²) in [5, 5.41) is 3.39. The van der Waals surface area contributed by atoms with Crippen LogP contribution in [0.25, 0.3) is 33.4 Å². The van der Waals surface area contributed by atoms with Crippen molar-refractivity contribution in [1.82, 2.24) is 15.0 Å². The van der Waals surface area contributed by atoms with E-state index in [1.54, 1.807) is 37.6 Å². The van der Waals surface area contributed by atoms with E-state index in [2.05, 4.69) is 20.3 Å². The SMILES string of the molecule is CNc1nc(-c2cccnc2)nc2c(F)c(-c3ccc(C(F)(F)F)cc3)ccc12. The molecule has 0 aliphatic carbocycles.